The number of ether oxygens (including phenoxy) is 2. The van der Waals surface area contributed by atoms with Crippen molar-refractivity contribution in [3.05, 3.63) is 42.5 Å². The molecule has 0 spiro atoms. The Morgan fingerprint density at radius 2 is 2.04 bits per heavy atom. The quantitative estimate of drug-likeness (QED) is 0.753. The third kappa shape index (κ3) is 2.90. The first-order chi connectivity index (χ1) is 11.6. The lowest BCUT2D eigenvalue weighted by Gasteiger charge is -2.13. The molecule has 0 aliphatic heterocycles. The standard InChI is InChI=1S/C18H18N2O4/c1-3-24-16-10-12(23-2)8-9-13(16)18-19-14-6-4-5-7-15(14)20(18)11-17(21)22/h4-10H,3,11H2,1-2H3,(H,21,22). The van der Waals surface area contributed by atoms with E-state index in [9.17, 15) is 9.90 Å². The van der Waals surface area contributed by atoms with Crippen LogP contribution in [0.25, 0.3) is 22.4 Å². The molecule has 0 amide bonds. The van der Waals surface area contributed by atoms with Gasteiger partial charge in [-0.25, -0.2) is 4.98 Å². The van der Waals surface area contributed by atoms with Crippen LogP contribution in [0.4, 0.5) is 0 Å². The molecule has 0 fully saturated rings. The summed E-state index contributed by atoms with van der Waals surface area (Å²) >= 11 is 0. The van der Waals surface area contributed by atoms with Gasteiger partial charge in [-0.2, -0.15) is 0 Å². The molecular weight excluding hydrogens is 308 g/mol. The maximum atomic E-state index is 11.3. The normalized spacial score (nSPS) is 10.8. The van der Waals surface area contributed by atoms with Gasteiger partial charge >= 0.3 is 5.97 Å². The molecule has 0 radical (unpaired) electrons. The van der Waals surface area contributed by atoms with Gasteiger partial charge in [0.05, 0.1) is 30.3 Å². The molecule has 3 aromatic rings. The summed E-state index contributed by atoms with van der Waals surface area (Å²) in [5.74, 6) is 0.914. The Morgan fingerprint density at radius 1 is 1.25 bits per heavy atom. The number of hydrogen-bond donors (Lipinski definition) is 1. The highest BCUT2D eigenvalue weighted by Gasteiger charge is 2.18. The van der Waals surface area contributed by atoms with Gasteiger partial charge in [-0.15, -0.1) is 0 Å². The first kappa shape index (κ1) is 15.9. The molecule has 6 heteroatoms. The fourth-order valence-electron chi connectivity index (χ4n) is 2.67. The topological polar surface area (TPSA) is 73.6 Å². The van der Waals surface area contributed by atoms with Crippen molar-refractivity contribution < 1.29 is 19.4 Å². The maximum Gasteiger partial charge on any atom is 0.323 e. The van der Waals surface area contributed by atoms with Crippen LogP contribution in [0.3, 0.4) is 0 Å². The number of carboxylic acid groups (broad SMARTS) is 1. The van der Waals surface area contributed by atoms with Crippen molar-refractivity contribution >= 4 is 17.0 Å². The number of hydrogen-bond acceptors (Lipinski definition) is 4. The summed E-state index contributed by atoms with van der Waals surface area (Å²) in [5.41, 5.74) is 2.25. The van der Waals surface area contributed by atoms with E-state index in [0.29, 0.717) is 23.9 Å². The summed E-state index contributed by atoms with van der Waals surface area (Å²) in [7, 11) is 1.59. The monoisotopic (exact) mass is 326 g/mol. The molecule has 2 aromatic carbocycles. The van der Waals surface area contributed by atoms with E-state index >= 15 is 0 Å². The number of carbonyl (C=O) groups is 1. The molecule has 3 rings (SSSR count). The van der Waals surface area contributed by atoms with E-state index in [-0.39, 0.29) is 6.54 Å². The minimum Gasteiger partial charge on any atom is -0.497 e. The van der Waals surface area contributed by atoms with Crippen LogP contribution in [-0.2, 0) is 11.3 Å². The third-order valence-electron chi connectivity index (χ3n) is 3.68. The molecule has 0 unspecified atom stereocenters. The lowest BCUT2D eigenvalue weighted by Crippen LogP contribution is -2.10. The Labute approximate surface area is 139 Å². The molecule has 24 heavy (non-hydrogen) atoms. The van der Waals surface area contributed by atoms with E-state index in [0.717, 1.165) is 16.6 Å². The van der Waals surface area contributed by atoms with Crippen molar-refractivity contribution in [2.45, 2.75) is 13.5 Å². The van der Waals surface area contributed by atoms with Crippen LogP contribution in [0.5, 0.6) is 11.5 Å². The number of nitrogens with zero attached hydrogens (tertiary/aromatic N) is 2. The zero-order valence-corrected chi connectivity index (χ0v) is 13.5. The van der Waals surface area contributed by atoms with Gasteiger partial charge in [0.15, 0.2) is 0 Å². The van der Waals surface area contributed by atoms with Gasteiger partial charge in [0, 0.05) is 6.07 Å². The molecule has 6 nitrogen and oxygen atoms in total. The number of rotatable bonds is 6. The van der Waals surface area contributed by atoms with Gasteiger partial charge in [-0.1, -0.05) is 12.1 Å². The molecule has 0 bridgehead atoms. The highest BCUT2D eigenvalue weighted by atomic mass is 16.5. The summed E-state index contributed by atoms with van der Waals surface area (Å²) in [6.07, 6.45) is 0. The molecule has 0 saturated carbocycles. The highest BCUT2D eigenvalue weighted by molar-refractivity contribution is 5.84. The zero-order valence-electron chi connectivity index (χ0n) is 13.5. The summed E-state index contributed by atoms with van der Waals surface area (Å²) in [6.45, 7) is 2.20. The predicted octanol–water partition coefficient (Wildman–Crippen LogP) is 3.20. The van der Waals surface area contributed by atoms with Crippen LogP contribution in [0.15, 0.2) is 42.5 Å². The molecule has 1 aromatic heterocycles. The second-order valence-electron chi connectivity index (χ2n) is 5.20. The van der Waals surface area contributed by atoms with Gasteiger partial charge in [0.2, 0.25) is 0 Å². The average Bonchev–Trinajstić information content (AvgIpc) is 2.93. The van der Waals surface area contributed by atoms with Crippen LogP contribution in [0, 0.1) is 0 Å². The van der Waals surface area contributed by atoms with Crippen LogP contribution in [-0.4, -0.2) is 34.3 Å². The third-order valence-corrected chi connectivity index (χ3v) is 3.68. The van der Waals surface area contributed by atoms with Crippen molar-refractivity contribution in [2.75, 3.05) is 13.7 Å². The number of imidazole rings is 1. The van der Waals surface area contributed by atoms with Gasteiger partial charge in [0.1, 0.15) is 23.9 Å². The van der Waals surface area contributed by atoms with Crippen molar-refractivity contribution in [2.24, 2.45) is 0 Å². The maximum absolute atomic E-state index is 11.3. The second-order valence-corrected chi connectivity index (χ2v) is 5.20. The lowest BCUT2D eigenvalue weighted by atomic mass is 10.1. The van der Waals surface area contributed by atoms with E-state index in [1.807, 2.05) is 43.3 Å². The summed E-state index contributed by atoms with van der Waals surface area (Å²) < 4.78 is 12.6. The minimum absolute atomic E-state index is 0.173. The first-order valence-corrected chi connectivity index (χ1v) is 7.62. The Kier molecular flexibility index (Phi) is 4.37. The number of fused-ring (bicyclic) bond motifs is 1. The molecule has 1 heterocycles. The molecule has 0 aliphatic carbocycles. The van der Waals surface area contributed by atoms with Gasteiger partial charge < -0.3 is 19.1 Å². The van der Waals surface area contributed by atoms with Crippen molar-refractivity contribution in [1.82, 2.24) is 9.55 Å². The molecule has 0 saturated heterocycles. The predicted molar refractivity (Wildman–Crippen MR) is 90.5 cm³/mol. The van der Waals surface area contributed by atoms with E-state index < -0.39 is 5.97 Å². The highest BCUT2D eigenvalue weighted by Crippen LogP contribution is 2.34. The number of benzene rings is 2. The van der Waals surface area contributed by atoms with Crippen molar-refractivity contribution in [3.63, 3.8) is 0 Å². The SMILES string of the molecule is CCOc1cc(OC)ccc1-c1nc2ccccc2n1CC(=O)O. The van der Waals surface area contributed by atoms with Crippen molar-refractivity contribution in [1.29, 1.82) is 0 Å². The molecule has 0 aliphatic rings. The zero-order chi connectivity index (χ0) is 17.1. The van der Waals surface area contributed by atoms with E-state index in [1.165, 1.54) is 0 Å². The number of para-hydroxylation sites is 2. The van der Waals surface area contributed by atoms with Gasteiger partial charge in [-0.3, -0.25) is 4.79 Å². The molecule has 124 valence electrons. The fraction of sp³-hybridized carbons (Fsp3) is 0.222. The molecule has 1 N–H and O–H groups in total. The summed E-state index contributed by atoms with van der Waals surface area (Å²) in [4.78, 5) is 15.9. The number of aromatic nitrogens is 2. The Hall–Kier alpha value is -3.02. The average molecular weight is 326 g/mol. The number of carboxylic acids is 1. The van der Waals surface area contributed by atoms with Crippen LogP contribution < -0.4 is 9.47 Å². The lowest BCUT2D eigenvalue weighted by molar-refractivity contribution is -0.137. The van der Waals surface area contributed by atoms with Gasteiger partial charge in [-0.05, 0) is 31.2 Å². The van der Waals surface area contributed by atoms with Crippen LogP contribution >= 0.6 is 0 Å². The van der Waals surface area contributed by atoms with E-state index in [4.69, 9.17) is 9.47 Å². The van der Waals surface area contributed by atoms with Crippen LogP contribution in [0.2, 0.25) is 0 Å². The number of aliphatic carboxylic acids is 1. The second kappa shape index (κ2) is 6.62. The number of methoxy groups -OCH3 is 1. The Balaban J connectivity index is 2.23. The van der Waals surface area contributed by atoms with Gasteiger partial charge in [0.25, 0.3) is 0 Å². The minimum atomic E-state index is -0.925. The smallest absolute Gasteiger partial charge is 0.323 e. The fourth-order valence-corrected chi connectivity index (χ4v) is 2.67. The van der Waals surface area contributed by atoms with E-state index in [1.54, 1.807) is 17.7 Å². The molecular formula is C18H18N2O4. The largest absolute Gasteiger partial charge is 0.497 e. The van der Waals surface area contributed by atoms with Crippen LogP contribution in [0.1, 0.15) is 6.92 Å². The molecule has 0 atom stereocenters. The van der Waals surface area contributed by atoms with Crippen molar-refractivity contribution in [3.8, 4) is 22.9 Å². The summed E-state index contributed by atoms with van der Waals surface area (Å²) in [5, 5.41) is 9.27. The Bertz CT molecular complexity index is 886. The first-order valence-electron chi connectivity index (χ1n) is 7.62. The Morgan fingerprint density at radius 3 is 2.75 bits per heavy atom. The summed E-state index contributed by atoms with van der Waals surface area (Å²) in [6, 6.07) is 12.9. The van der Waals surface area contributed by atoms with E-state index in [2.05, 4.69) is 4.98 Å².